The first-order valence-corrected chi connectivity index (χ1v) is 15.4. The zero-order chi connectivity index (χ0) is 34.5. The standard InChI is InChI=1S/C33H31F3N4O7S/c1-3-12-43-32(42)46-18-30(41)47-33(19-40-21-38-20-39-40,27-11-10-25(34)14-29(27)36)22(2)48-26-16-44-31(45-17-26)7-5-4-6-24-9-8-23(15-37)13-28(24)35/h3-11,13-14,20-22,26,31H,1,12,16-19H2,2H3/b6-4+,7-5+/t22-,26?,31?,33-/m1/s1. The maximum Gasteiger partial charge on any atom is 0.509 e. The largest absolute Gasteiger partial charge is 0.509 e. The number of hydrogen-bond acceptors (Lipinski definition) is 11. The molecule has 4 rings (SSSR count). The highest BCUT2D eigenvalue weighted by Gasteiger charge is 2.47. The van der Waals surface area contributed by atoms with Crippen molar-refractivity contribution in [2.45, 2.75) is 35.9 Å². The molecule has 252 valence electrons. The Morgan fingerprint density at radius 1 is 1.17 bits per heavy atom. The normalized spacial score (nSPS) is 18.1. The lowest BCUT2D eigenvalue weighted by Gasteiger charge is -2.40. The van der Waals surface area contributed by atoms with E-state index in [1.165, 1.54) is 59.4 Å². The van der Waals surface area contributed by atoms with Crippen LogP contribution in [-0.2, 0) is 40.6 Å². The van der Waals surface area contributed by atoms with E-state index in [0.717, 1.165) is 12.1 Å². The predicted octanol–water partition coefficient (Wildman–Crippen LogP) is 5.48. The fourth-order valence-electron chi connectivity index (χ4n) is 4.64. The van der Waals surface area contributed by atoms with E-state index in [-0.39, 0.29) is 42.7 Å². The van der Waals surface area contributed by atoms with Gasteiger partial charge in [0.05, 0.1) is 36.6 Å². The van der Waals surface area contributed by atoms with Crippen molar-refractivity contribution in [2.24, 2.45) is 0 Å². The number of esters is 1. The lowest BCUT2D eigenvalue weighted by atomic mass is 9.89. The number of carbonyl (C=O) groups excluding carboxylic acids is 2. The van der Waals surface area contributed by atoms with Crippen molar-refractivity contribution in [3.05, 3.63) is 114 Å². The summed E-state index contributed by atoms with van der Waals surface area (Å²) in [5, 5.41) is 11.9. The van der Waals surface area contributed by atoms with Crippen LogP contribution in [0.15, 0.2) is 79.9 Å². The molecule has 48 heavy (non-hydrogen) atoms. The summed E-state index contributed by atoms with van der Waals surface area (Å²) < 4.78 is 72.1. The van der Waals surface area contributed by atoms with Crippen LogP contribution in [0, 0.1) is 28.8 Å². The van der Waals surface area contributed by atoms with E-state index >= 15 is 4.39 Å². The maximum absolute atomic E-state index is 15.5. The van der Waals surface area contributed by atoms with E-state index < -0.39 is 53.3 Å². The molecule has 0 saturated carbocycles. The molecule has 0 unspecified atom stereocenters. The lowest BCUT2D eigenvalue weighted by Crippen LogP contribution is -2.47. The highest BCUT2D eigenvalue weighted by Crippen LogP contribution is 2.42. The molecule has 15 heteroatoms. The summed E-state index contributed by atoms with van der Waals surface area (Å²) in [7, 11) is 0. The first-order chi connectivity index (χ1) is 23.1. The maximum atomic E-state index is 15.5. The van der Waals surface area contributed by atoms with E-state index in [2.05, 4.69) is 16.7 Å². The van der Waals surface area contributed by atoms with Gasteiger partial charge in [0, 0.05) is 22.4 Å². The molecule has 3 aromatic rings. The molecular weight excluding hydrogens is 653 g/mol. The fourth-order valence-corrected chi connectivity index (χ4v) is 6.01. The minimum atomic E-state index is -1.82. The quantitative estimate of drug-likeness (QED) is 0.121. The third-order valence-electron chi connectivity index (χ3n) is 6.90. The Bertz CT molecular complexity index is 1670. The Labute approximate surface area is 278 Å². The van der Waals surface area contributed by atoms with E-state index in [0.29, 0.717) is 11.6 Å². The molecule has 0 bridgehead atoms. The van der Waals surface area contributed by atoms with Crippen LogP contribution in [0.25, 0.3) is 6.08 Å². The number of carbonyl (C=O) groups is 2. The van der Waals surface area contributed by atoms with Gasteiger partial charge in [-0.15, -0.1) is 11.8 Å². The van der Waals surface area contributed by atoms with Crippen molar-refractivity contribution in [2.75, 3.05) is 26.4 Å². The first-order valence-electron chi connectivity index (χ1n) is 14.5. The van der Waals surface area contributed by atoms with Gasteiger partial charge in [-0.1, -0.05) is 36.9 Å². The third kappa shape index (κ3) is 9.80. The molecule has 0 aliphatic carbocycles. The van der Waals surface area contributed by atoms with Crippen LogP contribution in [0.4, 0.5) is 18.0 Å². The number of allylic oxidation sites excluding steroid dienone is 2. The van der Waals surface area contributed by atoms with Gasteiger partial charge < -0.3 is 23.7 Å². The molecule has 1 aromatic heterocycles. The number of hydrogen-bond donors (Lipinski definition) is 0. The Balaban J connectivity index is 1.48. The van der Waals surface area contributed by atoms with Crippen molar-refractivity contribution in [1.29, 1.82) is 5.26 Å². The summed E-state index contributed by atoms with van der Waals surface area (Å²) in [6, 6.07) is 8.93. The first kappa shape index (κ1) is 35.9. The van der Waals surface area contributed by atoms with Gasteiger partial charge in [-0.25, -0.2) is 32.4 Å². The number of nitriles is 1. The van der Waals surface area contributed by atoms with E-state index in [9.17, 15) is 18.4 Å². The Morgan fingerprint density at radius 2 is 1.96 bits per heavy atom. The molecule has 2 atom stereocenters. The lowest BCUT2D eigenvalue weighted by molar-refractivity contribution is -0.167. The van der Waals surface area contributed by atoms with Gasteiger partial charge in [0.2, 0.25) is 0 Å². The average Bonchev–Trinajstić information content (AvgIpc) is 3.58. The van der Waals surface area contributed by atoms with Crippen LogP contribution < -0.4 is 0 Å². The number of halogens is 3. The minimum absolute atomic E-state index is 0.143. The van der Waals surface area contributed by atoms with Gasteiger partial charge in [-0.3, -0.25) is 0 Å². The second-order valence-corrected chi connectivity index (χ2v) is 11.9. The molecule has 2 heterocycles. The van der Waals surface area contributed by atoms with Crippen molar-refractivity contribution in [1.82, 2.24) is 14.8 Å². The summed E-state index contributed by atoms with van der Waals surface area (Å²) in [6.07, 6.45) is 8.47. The van der Waals surface area contributed by atoms with Crippen LogP contribution in [0.1, 0.15) is 23.6 Å². The zero-order valence-corrected chi connectivity index (χ0v) is 26.5. The Hall–Kier alpha value is -4.91. The van der Waals surface area contributed by atoms with Gasteiger partial charge in [0.25, 0.3) is 0 Å². The SMILES string of the molecule is C=CCOC(=O)OCC(=O)O[C@@](Cn1cncn1)(c1ccc(F)cc1F)[C@@H](C)SC1COC(/C=C/C=C/c2ccc(C#N)cc2F)OC1. The van der Waals surface area contributed by atoms with Crippen LogP contribution in [0.5, 0.6) is 0 Å². The summed E-state index contributed by atoms with van der Waals surface area (Å²) in [4.78, 5) is 28.8. The second-order valence-electron chi connectivity index (χ2n) is 10.2. The number of ether oxygens (including phenoxy) is 5. The van der Waals surface area contributed by atoms with Crippen molar-refractivity contribution < 1.29 is 46.4 Å². The number of rotatable bonds is 14. The molecule has 1 aliphatic heterocycles. The van der Waals surface area contributed by atoms with E-state index in [1.54, 1.807) is 25.2 Å². The molecule has 0 N–H and O–H groups in total. The van der Waals surface area contributed by atoms with Gasteiger partial charge in [0.1, 0.15) is 36.7 Å². The second kappa shape index (κ2) is 17.3. The van der Waals surface area contributed by atoms with Crippen LogP contribution >= 0.6 is 11.8 Å². The molecule has 1 saturated heterocycles. The zero-order valence-electron chi connectivity index (χ0n) is 25.7. The van der Waals surface area contributed by atoms with Gasteiger partial charge in [-0.2, -0.15) is 10.4 Å². The third-order valence-corrected chi connectivity index (χ3v) is 8.35. The number of nitrogens with zero attached hydrogens (tertiary/aromatic N) is 4. The van der Waals surface area contributed by atoms with Gasteiger partial charge in [0.15, 0.2) is 18.5 Å². The minimum Gasteiger partial charge on any atom is -0.448 e. The van der Waals surface area contributed by atoms with Gasteiger partial charge >= 0.3 is 12.1 Å². The molecule has 11 nitrogen and oxygen atoms in total. The Morgan fingerprint density at radius 3 is 2.62 bits per heavy atom. The molecule has 2 aromatic carbocycles. The summed E-state index contributed by atoms with van der Waals surface area (Å²) in [6.45, 7) is 4.26. The molecule has 0 radical (unpaired) electrons. The molecule has 1 aliphatic rings. The average molecular weight is 685 g/mol. The number of aromatic nitrogens is 3. The van der Waals surface area contributed by atoms with Crippen LogP contribution in [-0.4, -0.2) is 70.1 Å². The number of thioether (sulfide) groups is 1. The van der Waals surface area contributed by atoms with E-state index in [1.807, 2.05) is 6.07 Å². The molecule has 0 amide bonds. The monoisotopic (exact) mass is 684 g/mol. The highest BCUT2D eigenvalue weighted by molar-refractivity contribution is 8.00. The van der Waals surface area contributed by atoms with Crippen LogP contribution in [0.3, 0.4) is 0 Å². The van der Waals surface area contributed by atoms with Crippen molar-refractivity contribution >= 4 is 30.0 Å². The highest BCUT2D eigenvalue weighted by atomic mass is 32.2. The van der Waals surface area contributed by atoms with Crippen LogP contribution in [0.2, 0.25) is 0 Å². The topological polar surface area (TPSA) is 135 Å². The summed E-state index contributed by atoms with van der Waals surface area (Å²) >= 11 is 1.27. The summed E-state index contributed by atoms with van der Waals surface area (Å²) in [5.41, 5.74) is -1.44. The molecular formula is C33H31F3N4O7S. The molecule has 0 spiro atoms. The van der Waals surface area contributed by atoms with E-state index in [4.69, 9.17) is 28.9 Å². The van der Waals surface area contributed by atoms with Gasteiger partial charge in [-0.05, 0) is 37.3 Å². The number of benzene rings is 2. The Kier molecular flexibility index (Phi) is 13.0. The fraction of sp³-hybridized carbons (Fsp3) is 0.303. The van der Waals surface area contributed by atoms with Crippen molar-refractivity contribution in [3.63, 3.8) is 0 Å². The smallest absolute Gasteiger partial charge is 0.448 e. The predicted molar refractivity (Wildman–Crippen MR) is 167 cm³/mol. The molecule has 1 fully saturated rings. The summed E-state index contributed by atoms with van der Waals surface area (Å²) in [5.74, 6) is -3.37. The van der Waals surface area contributed by atoms with Crippen molar-refractivity contribution in [3.8, 4) is 6.07 Å².